The molecule has 1 fully saturated rings. The maximum Gasteiger partial charge on any atom is 0.0725 e. The quantitative estimate of drug-likeness (QED) is 0.920. The second kappa shape index (κ2) is 5.86. The van der Waals surface area contributed by atoms with Gasteiger partial charge in [-0.25, -0.2) is 0 Å². The van der Waals surface area contributed by atoms with Crippen molar-refractivity contribution >= 4 is 0 Å². The monoisotopic (exact) mass is 278 g/mol. The molecule has 4 heteroatoms. The lowest BCUT2D eigenvalue weighted by molar-refractivity contribution is 0.228. The van der Waals surface area contributed by atoms with Gasteiger partial charge in [-0.15, -0.1) is 0 Å². The van der Waals surface area contributed by atoms with Crippen LogP contribution in [0.3, 0.4) is 0 Å². The molecule has 0 spiro atoms. The molecule has 1 aromatic rings. The molecule has 1 aromatic heterocycles. The summed E-state index contributed by atoms with van der Waals surface area (Å²) in [4.78, 5) is 2.60. The van der Waals surface area contributed by atoms with Gasteiger partial charge in [0.25, 0.3) is 0 Å². The van der Waals surface area contributed by atoms with Crippen LogP contribution in [0.15, 0.2) is 6.20 Å². The van der Waals surface area contributed by atoms with Crippen molar-refractivity contribution in [3.8, 4) is 0 Å². The number of likely N-dealkylation sites (tertiary alicyclic amines) is 1. The van der Waals surface area contributed by atoms with Gasteiger partial charge < -0.3 is 5.73 Å². The smallest absolute Gasteiger partial charge is 0.0725 e. The molecule has 2 heterocycles. The maximum absolute atomic E-state index is 6.03. The average molecular weight is 278 g/mol. The average Bonchev–Trinajstić information content (AvgIpc) is 2.92. The summed E-state index contributed by atoms with van der Waals surface area (Å²) >= 11 is 0. The zero-order valence-electron chi connectivity index (χ0n) is 13.7. The van der Waals surface area contributed by atoms with E-state index in [2.05, 4.69) is 38.8 Å². The van der Waals surface area contributed by atoms with Crippen LogP contribution in [-0.2, 0) is 12.5 Å². The molecule has 1 saturated heterocycles. The molecule has 1 aliphatic heterocycles. The van der Waals surface area contributed by atoms with E-state index in [1.807, 2.05) is 11.7 Å². The Morgan fingerprint density at radius 3 is 2.65 bits per heavy atom. The van der Waals surface area contributed by atoms with Crippen LogP contribution in [0.25, 0.3) is 0 Å². The molecule has 4 nitrogen and oxygen atoms in total. The summed E-state index contributed by atoms with van der Waals surface area (Å²) in [5.41, 5.74) is 8.73. The molecule has 2 atom stereocenters. The van der Waals surface area contributed by atoms with E-state index in [0.717, 1.165) is 13.1 Å². The molecule has 0 aromatic carbocycles. The van der Waals surface area contributed by atoms with Crippen molar-refractivity contribution in [1.29, 1.82) is 0 Å². The molecular weight excluding hydrogens is 248 g/mol. The van der Waals surface area contributed by atoms with Crippen LogP contribution in [-0.4, -0.2) is 34.3 Å². The Morgan fingerprint density at radius 2 is 2.10 bits per heavy atom. The number of rotatable bonds is 4. The van der Waals surface area contributed by atoms with Crippen LogP contribution >= 0.6 is 0 Å². The van der Waals surface area contributed by atoms with Gasteiger partial charge in [-0.3, -0.25) is 9.58 Å². The molecule has 0 amide bonds. The number of aromatic nitrogens is 2. The largest absolute Gasteiger partial charge is 0.330 e. The van der Waals surface area contributed by atoms with Crippen molar-refractivity contribution in [2.45, 2.75) is 52.0 Å². The van der Waals surface area contributed by atoms with E-state index in [1.54, 1.807) is 0 Å². The SMILES string of the molecule is CCCN1CCC(CN)C1c1cn(C)nc1C(C)(C)C. The minimum atomic E-state index is 0.0796. The minimum absolute atomic E-state index is 0.0796. The Bertz CT molecular complexity index is 444. The third kappa shape index (κ3) is 2.91. The molecule has 2 rings (SSSR count). The van der Waals surface area contributed by atoms with Crippen LogP contribution in [0.1, 0.15) is 57.8 Å². The zero-order valence-corrected chi connectivity index (χ0v) is 13.7. The molecule has 1 aliphatic rings. The van der Waals surface area contributed by atoms with E-state index < -0.39 is 0 Å². The molecule has 0 aliphatic carbocycles. The first-order valence-electron chi connectivity index (χ1n) is 7.86. The van der Waals surface area contributed by atoms with Crippen molar-refractivity contribution in [1.82, 2.24) is 14.7 Å². The highest BCUT2D eigenvalue weighted by molar-refractivity contribution is 5.29. The van der Waals surface area contributed by atoms with Gasteiger partial charge in [-0.2, -0.15) is 5.10 Å². The molecule has 2 N–H and O–H groups in total. The van der Waals surface area contributed by atoms with Gasteiger partial charge in [0.15, 0.2) is 0 Å². The van der Waals surface area contributed by atoms with E-state index in [4.69, 9.17) is 10.8 Å². The zero-order chi connectivity index (χ0) is 14.9. The summed E-state index contributed by atoms with van der Waals surface area (Å²) in [5, 5.41) is 4.74. The highest BCUT2D eigenvalue weighted by atomic mass is 15.3. The molecular formula is C16H30N4. The number of aryl methyl sites for hydroxylation is 1. The van der Waals surface area contributed by atoms with Crippen molar-refractivity contribution in [2.24, 2.45) is 18.7 Å². The first-order valence-corrected chi connectivity index (χ1v) is 7.86. The fraction of sp³-hybridized carbons (Fsp3) is 0.812. The second-order valence-electron chi connectivity index (χ2n) is 7.12. The summed E-state index contributed by atoms with van der Waals surface area (Å²) in [6.07, 6.45) is 4.61. The third-order valence-electron chi connectivity index (χ3n) is 4.33. The van der Waals surface area contributed by atoms with E-state index in [1.165, 1.54) is 30.6 Å². The second-order valence-corrected chi connectivity index (χ2v) is 7.12. The Kier molecular flexibility index (Phi) is 4.55. The van der Waals surface area contributed by atoms with E-state index >= 15 is 0 Å². The van der Waals surface area contributed by atoms with Gasteiger partial charge in [0.2, 0.25) is 0 Å². The fourth-order valence-electron chi connectivity index (χ4n) is 3.47. The lowest BCUT2D eigenvalue weighted by atomic mass is 9.84. The number of hydrogen-bond acceptors (Lipinski definition) is 3. The van der Waals surface area contributed by atoms with E-state index in [0.29, 0.717) is 12.0 Å². The number of nitrogens with zero attached hydrogens (tertiary/aromatic N) is 3. The summed E-state index contributed by atoms with van der Waals surface area (Å²) in [6.45, 7) is 12.1. The Morgan fingerprint density at radius 1 is 1.40 bits per heavy atom. The lowest BCUT2D eigenvalue weighted by Crippen LogP contribution is -2.30. The molecule has 0 bridgehead atoms. The molecule has 114 valence electrons. The van der Waals surface area contributed by atoms with Gasteiger partial charge >= 0.3 is 0 Å². The summed E-state index contributed by atoms with van der Waals surface area (Å²) < 4.78 is 1.96. The van der Waals surface area contributed by atoms with Crippen LogP contribution in [0.2, 0.25) is 0 Å². The predicted molar refractivity (Wildman–Crippen MR) is 83.7 cm³/mol. The molecule has 20 heavy (non-hydrogen) atoms. The third-order valence-corrected chi connectivity index (χ3v) is 4.33. The van der Waals surface area contributed by atoms with Crippen molar-refractivity contribution < 1.29 is 0 Å². The van der Waals surface area contributed by atoms with Gasteiger partial charge in [0, 0.05) is 30.3 Å². The summed E-state index contributed by atoms with van der Waals surface area (Å²) in [7, 11) is 2.02. The number of hydrogen-bond donors (Lipinski definition) is 1. The van der Waals surface area contributed by atoms with Gasteiger partial charge in [-0.1, -0.05) is 27.7 Å². The van der Waals surface area contributed by atoms with Crippen LogP contribution in [0.5, 0.6) is 0 Å². The Labute approximate surface area is 123 Å². The number of nitrogens with two attached hydrogens (primary N) is 1. The Balaban J connectivity index is 2.41. The predicted octanol–water partition coefficient (Wildman–Crippen LogP) is 2.45. The summed E-state index contributed by atoms with van der Waals surface area (Å²) in [5.74, 6) is 0.562. The van der Waals surface area contributed by atoms with Crippen LogP contribution in [0, 0.1) is 5.92 Å². The molecule has 2 unspecified atom stereocenters. The lowest BCUT2D eigenvalue weighted by Gasteiger charge is -2.30. The first-order chi connectivity index (χ1) is 9.38. The van der Waals surface area contributed by atoms with E-state index in [9.17, 15) is 0 Å². The maximum atomic E-state index is 6.03. The van der Waals surface area contributed by atoms with Crippen LogP contribution < -0.4 is 5.73 Å². The van der Waals surface area contributed by atoms with Crippen molar-refractivity contribution in [2.75, 3.05) is 19.6 Å². The minimum Gasteiger partial charge on any atom is -0.330 e. The van der Waals surface area contributed by atoms with Gasteiger partial charge in [0.1, 0.15) is 0 Å². The highest BCUT2D eigenvalue weighted by Gasteiger charge is 2.38. The van der Waals surface area contributed by atoms with E-state index in [-0.39, 0.29) is 5.41 Å². The first kappa shape index (κ1) is 15.5. The standard InChI is InChI=1S/C16H30N4/c1-6-8-20-9-7-12(10-17)14(20)13-11-19(5)18-15(13)16(2,3)4/h11-12,14H,6-10,17H2,1-5H3. The van der Waals surface area contributed by atoms with Gasteiger partial charge in [0.05, 0.1) is 5.69 Å². The molecule has 0 saturated carbocycles. The topological polar surface area (TPSA) is 47.1 Å². The normalized spacial score (nSPS) is 24.5. The summed E-state index contributed by atoms with van der Waals surface area (Å²) in [6, 6.07) is 0.447. The van der Waals surface area contributed by atoms with Crippen molar-refractivity contribution in [3.63, 3.8) is 0 Å². The fourth-order valence-corrected chi connectivity index (χ4v) is 3.47. The Hall–Kier alpha value is -0.870. The van der Waals surface area contributed by atoms with Crippen LogP contribution in [0.4, 0.5) is 0 Å². The van der Waals surface area contributed by atoms with Gasteiger partial charge in [-0.05, 0) is 38.4 Å². The molecule has 0 radical (unpaired) electrons. The highest BCUT2D eigenvalue weighted by Crippen LogP contribution is 2.40. The van der Waals surface area contributed by atoms with Crippen molar-refractivity contribution in [3.05, 3.63) is 17.5 Å².